The summed E-state index contributed by atoms with van der Waals surface area (Å²) in [6, 6.07) is 9.79. The topological polar surface area (TPSA) is 66.2 Å². The van der Waals surface area contributed by atoms with Gasteiger partial charge in [-0.2, -0.15) is 0 Å². The van der Waals surface area contributed by atoms with E-state index < -0.39 is 0 Å². The summed E-state index contributed by atoms with van der Waals surface area (Å²) in [6.45, 7) is 5.38. The van der Waals surface area contributed by atoms with Crippen LogP contribution in [0.15, 0.2) is 47.1 Å². The van der Waals surface area contributed by atoms with Crippen LogP contribution in [0.5, 0.6) is 0 Å². The molecule has 0 spiro atoms. The van der Waals surface area contributed by atoms with E-state index in [4.69, 9.17) is 9.15 Å². The first kappa shape index (κ1) is 27.3. The molecule has 2 amide bonds. The Labute approximate surface area is 219 Å². The Morgan fingerprint density at radius 1 is 0.973 bits per heavy atom. The molecule has 0 bridgehead atoms. The highest BCUT2D eigenvalue weighted by Gasteiger charge is 2.24. The smallest absolute Gasteiger partial charge is 0.242 e. The first-order valence-corrected chi connectivity index (χ1v) is 13.7. The number of morpholine rings is 1. The lowest BCUT2D eigenvalue weighted by Crippen LogP contribution is -2.44. The van der Waals surface area contributed by atoms with Gasteiger partial charge in [0.1, 0.15) is 11.6 Å². The number of amides is 2. The first-order valence-electron chi connectivity index (χ1n) is 13.7. The van der Waals surface area contributed by atoms with Gasteiger partial charge in [-0.25, -0.2) is 4.39 Å². The number of carbonyl (C=O) groups excluding carboxylic acids is 2. The SMILES string of the molecule is O=C(CCC1CCCC1)N(CCCN1CCOCC1)CC(=O)N(Cc1ccc(F)cc1)Cc1ccco1. The summed E-state index contributed by atoms with van der Waals surface area (Å²) >= 11 is 0. The molecule has 1 aliphatic heterocycles. The zero-order chi connectivity index (χ0) is 25.9. The molecule has 0 unspecified atom stereocenters. The largest absolute Gasteiger partial charge is 0.467 e. The molecule has 8 heteroatoms. The van der Waals surface area contributed by atoms with E-state index in [2.05, 4.69) is 4.90 Å². The number of halogens is 1. The van der Waals surface area contributed by atoms with E-state index in [0.717, 1.165) is 51.3 Å². The summed E-state index contributed by atoms with van der Waals surface area (Å²) in [5, 5.41) is 0. The van der Waals surface area contributed by atoms with Gasteiger partial charge in [-0.05, 0) is 48.6 Å². The van der Waals surface area contributed by atoms with E-state index in [1.54, 1.807) is 34.3 Å². The van der Waals surface area contributed by atoms with Gasteiger partial charge in [0, 0.05) is 39.1 Å². The van der Waals surface area contributed by atoms with E-state index in [1.165, 1.54) is 37.8 Å². The van der Waals surface area contributed by atoms with Gasteiger partial charge in [0.2, 0.25) is 11.8 Å². The van der Waals surface area contributed by atoms with Crippen LogP contribution in [0.2, 0.25) is 0 Å². The van der Waals surface area contributed by atoms with E-state index in [0.29, 0.717) is 37.7 Å². The monoisotopic (exact) mass is 513 g/mol. The quantitative estimate of drug-likeness (QED) is 0.396. The van der Waals surface area contributed by atoms with Crippen molar-refractivity contribution in [2.75, 3.05) is 45.9 Å². The molecule has 37 heavy (non-hydrogen) atoms. The van der Waals surface area contributed by atoms with Crippen LogP contribution < -0.4 is 0 Å². The molecule has 2 fully saturated rings. The molecule has 0 N–H and O–H groups in total. The van der Waals surface area contributed by atoms with Crippen LogP contribution in [0.4, 0.5) is 4.39 Å². The molecule has 4 rings (SSSR count). The number of furan rings is 1. The zero-order valence-corrected chi connectivity index (χ0v) is 21.8. The molecule has 1 saturated heterocycles. The molecular formula is C29H40FN3O4. The van der Waals surface area contributed by atoms with Crippen LogP contribution in [-0.2, 0) is 27.4 Å². The Balaban J connectivity index is 1.40. The van der Waals surface area contributed by atoms with Gasteiger partial charge in [0.25, 0.3) is 0 Å². The highest BCUT2D eigenvalue weighted by Crippen LogP contribution is 2.28. The molecular weight excluding hydrogens is 473 g/mol. The third-order valence-electron chi connectivity index (χ3n) is 7.49. The lowest BCUT2D eigenvalue weighted by molar-refractivity contribution is -0.141. The molecule has 2 heterocycles. The standard InChI is InChI=1S/C29H40FN3O4/c30-26-11-8-25(9-12-26)21-33(22-27-7-3-18-37-27)29(35)23-32(15-4-14-31-16-19-36-20-17-31)28(34)13-10-24-5-1-2-6-24/h3,7-9,11-12,18,24H,1-2,4-6,10,13-17,19-23H2. The van der Waals surface area contributed by atoms with Gasteiger partial charge >= 0.3 is 0 Å². The maximum Gasteiger partial charge on any atom is 0.242 e. The summed E-state index contributed by atoms with van der Waals surface area (Å²) in [7, 11) is 0. The van der Waals surface area contributed by atoms with Gasteiger partial charge in [-0.15, -0.1) is 0 Å². The van der Waals surface area contributed by atoms with Gasteiger partial charge in [0.15, 0.2) is 0 Å². The number of hydrogen-bond acceptors (Lipinski definition) is 5. The second kappa shape index (κ2) is 14.3. The minimum absolute atomic E-state index is 0.0362. The van der Waals surface area contributed by atoms with Crippen LogP contribution in [0.25, 0.3) is 0 Å². The second-order valence-corrected chi connectivity index (χ2v) is 10.3. The summed E-state index contributed by atoms with van der Waals surface area (Å²) in [5.41, 5.74) is 0.827. The number of benzene rings is 1. The van der Waals surface area contributed by atoms with Crippen molar-refractivity contribution < 1.29 is 23.1 Å². The predicted octanol–water partition coefficient (Wildman–Crippen LogP) is 4.47. The number of rotatable bonds is 13. The Morgan fingerprint density at radius 3 is 2.43 bits per heavy atom. The average molecular weight is 514 g/mol. The van der Waals surface area contributed by atoms with Gasteiger partial charge in [-0.1, -0.05) is 37.8 Å². The molecule has 7 nitrogen and oxygen atoms in total. The minimum Gasteiger partial charge on any atom is -0.467 e. The van der Waals surface area contributed by atoms with Gasteiger partial charge < -0.3 is 19.0 Å². The van der Waals surface area contributed by atoms with E-state index >= 15 is 0 Å². The lowest BCUT2D eigenvalue weighted by atomic mass is 10.0. The van der Waals surface area contributed by atoms with Crippen molar-refractivity contribution >= 4 is 11.8 Å². The molecule has 1 saturated carbocycles. The van der Waals surface area contributed by atoms with Crippen molar-refractivity contribution in [3.8, 4) is 0 Å². The second-order valence-electron chi connectivity index (χ2n) is 10.3. The predicted molar refractivity (Wildman–Crippen MR) is 139 cm³/mol. The van der Waals surface area contributed by atoms with Crippen molar-refractivity contribution in [2.45, 2.75) is 58.0 Å². The Morgan fingerprint density at radius 2 is 1.73 bits per heavy atom. The number of nitrogens with zero attached hydrogens (tertiary/aromatic N) is 3. The fourth-order valence-corrected chi connectivity index (χ4v) is 5.28. The number of ether oxygens (including phenoxy) is 1. The lowest BCUT2D eigenvalue weighted by Gasteiger charge is -2.30. The van der Waals surface area contributed by atoms with Crippen molar-refractivity contribution in [3.63, 3.8) is 0 Å². The van der Waals surface area contributed by atoms with E-state index in [9.17, 15) is 14.0 Å². The van der Waals surface area contributed by atoms with Crippen LogP contribution in [-0.4, -0.2) is 72.5 Å². The Bertz CT molecular complexity index is 954. The normalized spacial score (nSPS) is 16.7. The van der Waals surface area contributed by atoms with Crippen LogP contribution in [0.1, 0.15) is 56.3 Å². The third-order valence-corrected chi connectivity index (χ3v) is 7.49. The number of hydrogen-bond donors (Lipinski definition) is 0. The van der Waals surface area contributed by atoms with Crippen molar-refractivity contribution in [1.82, 2.24) is 14.7 Å². The van der Waals surface area contributed by atoms with E-state index in [-0.39, 0.29) is 24.2 Å². The maximum absolute atomic E-state index is 13.6. The average Bonchev–Trinajstić information content (AvgIpc) is 3.63. The third kappa shape index (κ3) is 8.97. The first-order chi connectivity index (χ1) is 18.1. The Hall–Kier alpha value is -2.71. The van der Waals surface area contributed by atoms with Gasteiger partial charge in [-0.3, -0.25) is 14.5 Å². The molecule has 1 aliphatic carbocycles. The van der Waals surface area contributed by atoms with Crippen molar-refractivity contribution in [2.24, 2.45) is 5.92 Å². The maximum atomic E-state index is 13.6. The fraction of sp³-hybridized carbons (Fsp3) is 0.586. The molecule has 0 atom stereocenters. The molecule has 1 aromatic heterocycles. The summed E-state index contributed by atoms with van der Waals surface area (Å²) in [4.78, 5) is 32.7. The van der Waals surface area contributed by atoms with Gasteiger partial charge in [0.05, 0.1) is 32.6 Å². The van der Waals surface area contributed by atoms with Crippen LogP contribution in [0.3, 0.4) is 0 Å². The molecule has 2 aliphatic rings. The summed E-state index contributed by atoms with van der Waals surface area (Å²) < 4.78 is 24.4. The molecule has 1 aromatic carbocycles. The van der Waals surface area contributed by atoms with Crippen molar-refractivity contribution in [3.05, 3.63) is 59.8 Å². The van der Waals surface area contributed by atoms with Crippen LogP contribution in [0, 0.1) is 11.7 Å². The van der Waals surface area contributed by atoms with E-state index in [1.807, 2.05) is 6.07 Å². The zero-order valence-electron chi connectivity index (χ0n) is 21.8. The van der Waals surface area contributed by atoms with Crippen LogP contribution >= 0.6 is 0 Å². The summed E-state index contributed by atoms with van der Waals surface area (Å²) in [5.74, 6) is 0.904. The Kier molecular flexibility index (Phi) is 10.6. The summed E-state index contributed by atoms with van der Waals surface area (Å²) in [6.07, 6.45) is 8.72. The number of carbonyl (C=O) groups is 2. The highest BCUT2D eigenvalue weighted by atomic mass is 19.1. The molecule has 2 aromatic rings. The fourth-order valence-electron chi connectivity index (χ4n) is 5.28. The minimum atomic E-state index is -0.313. The molecule has 202 valence electrons. The molecule has 0 radical (unpaired) electrons. The van der Waals surface area contributed by atoms with Crippen molar-refractivity contribution in [1.29, 1.82) is 0 Å². The highest BCUT2D eigenvalue weighted by molar-refractivity contribution is 5.84.